The molecule has 0 atom stereocenters. The molecule has 0 unspecified atom stereocenters. The highest BCUT2D eigenvalue weighted by atomic mass is 79.9. The largest absolute Gasteiger partial charge is 0.272 e. The maximum atomic E-state index is 11.6. The number of nitrogens with zero attached hydrogens (tertiary/aromatic N) is 1. The Morgan fingerprint density at radius 2 is 1.81 bits per heavy atom. The minimum Gasteiger partial charge on any atom is -0.269 e. The molecule has 2 amide bonds. The molecule has 1 aliphatic heterocycles. The van der Waals surface area contributed by atoms with E-state index in [1.54, 1.807) is 6.07 Å². The molecule has 0 spiro atoms. The Morgan fingerprint density at radius 1 is 1.12 bits per heavy atom. The first kappa shape index (κ1) is 11.6. The summed E-state index contributed by atoms with van der Waals surface area (Å²) >= 11 is 14.6. The third kappa shape index (κ3) is 1.88. The Bertz CT molecular complexity index is 528. The van der Waals surface area contributed by atoms with Crippen LogP contribution in [-0.4, -0.2) is 11.8 Å². The van der Waals surface area contributed by atoms with Crippen molar-refractivity contribution in [3.8, 4) is 0 Å². The summed E-state index contributed by atoms with van der Waals surface area (Å²) < 4.78 is 0.226. The Hall–Kier alpha value is -0.840. The topological polar surface area (TPSA) is 37.4 Å². The summed E-state index contributed by atoms with van der Waals surface area (Å²) in [6, 6.07) is 4.56. The van der Waals surface area contributed by atoms with E-state index >= 15 is 0 Å². The molecule has 82 valence electrons. The zero-order valence-electron chi connectivity index (χ0n) is 7.71. The molecular weight excluding hydrogens is 317 g/mol. The van der Waals surface area contributed by atoms with Gasteiger partial charge < -0.3 is 0 Å². The van der Waals surface area contributed by atoms with Gasteiger partial charge in [-0.15, -0.1) is 0 Å². The number of anilines is 1. The van der Waals surface area contributed by atoms with Crippen molar-refractivity contribution in [3.63, 3.8) is 0 Å². The maximum Gasteiger partial charge on any atom is 0.272 e. The maximum absolute atomic E-state index is 11.6. The van der Waals surface area contributed by atoms with Crippen molar-refractivity contribution < 1.29 is 9.59 Å². The van der Waals surface area contributed by atoms with Crippen LogP contribution < -0.4 is 4.90 Å². The van der Waals surface area contributed by atoms with E-state index in [0.29, 0.717) is 15.7 Å². The van der Waals surface area contributed by atoms with Crippen LogP contribution in [-0.2, 0) is 9.59 Å². The van der Waals surface area contributed by atoms with Crippen LogP contribution in [0.5, 0.6) is 0 Å². The first-order valence-electron chi connectivity index (χ1n) is 4.21. The molecule has 0 saturated carbocycles. The predicted molar refractivity (Wildman–Crippen MR) is 66.0 cm³/mol. The molecule has 0 bridgehead atoms. The number of imide groups is 1. The smallest absolute Gasteiger partial charge is 0.269 e. The molecule has 0 saturated heterocycles. The van der Waals surface area contributed by atoms with E-state index in [9.17, 15) is 9.59 Å². The van der Waals surface area contributed by atoms with E-state index < -0.39 is 11.8 Å². The molecule has 0 radical (unpaired) electrons. The highest BCUT2D eigenvalue weighted by Crippen LogP contribution is 2.30. The molecule has 3 nitrogen and oxygen atoms in total. The lowest BCUT2D eigenvalue weighted by atomic mass is 10.3. The zero-order chi connectivity index (χ0) is 11.9. The Kier molecular flexibility index (Phi) is 3.06. The number of carbonyl (C=O) groups is 2. The van der Waals surface area contributed by atoms with Crippen molar-refractivity contribution in [1.29, 1.82) is 0 Å². The number of amides is 2. The fraction of sp³-hybridized carbons (Fsp3) is 0. The van der Waals surface area contributed by atoms with Gasteiger partial charge in [-0.1, -0.05) is 23.2 Å². The van der Waals surface area contributed by atoms with Crippen LogP contribution in [0, 0.1) is 0 Å². The number of hydrogen-bond donors (Lipinski definition) is 0. The molecule has 0 fully saturated rings. The lowest BCUT2D eigenvalue weighted by molar-refractivity contribution is -0.120. The first-order valence-corrected chi connectivity index (χ1v) is 5.76. The van der Waals surface area contributed by atoms with Gasteiger partial charge in [0.15, 0.2) is 0 Å². The second-order valence-electron chi connectivity index (χ2n) is 3.07. The van der Waals surface area contributed by atoms with Crippen LogP contribution in [0.4, 0.5) is 5.69 Å². The average molecular weight is 321 g/mol. The SMILES string of the molecule is O=C1C=C(Br)C(=O)N1c1ccc(Cl)c(Cl)c1. The minimum absolute atomic E-state index is 0.226. The number of halogens is 3. The molecule has 1 heterocycles. The highest BCUT2D eigenvalue weighted by molar-refractivity contribution is 9.12. The van der Waals surface area contributed by atoms with Crippen LogP contribution in [0.1, 0.15) is 0 Å². The van der Waals surface area contributed by atoms with Crippen molar-refractivity contribution >= 4 is 56.6 Å². The van der Waals surface area contributed by atoms with Gasteiger partial charge in [0.1, 0.15) is 0 Å². The molecule has 1 aromatic carbocycles. The molecule has 0 N–H and O–H groups in total. The summed E-state index contributed by atoms with van der Waals surface area (Å²) in [7, 11) is 0. The molecule has 1 aliphatic rings. The lowest BCUT2D eigenvalue weighted by Gasteiger charge is -2.14. The lowest BCUT2D eigenvalue weighted by Crippen LogP contribution is -2.30. The van der Waals surface area contributed by atoms with Crippen LogP contribution in [0.2, 0.25) is 10.0 Å². The van der Waals surface area contributed by atoms with Crippen molar-refractivity contribution in [2.75, 3.05) is 4.90 Å². The Morgan fingerprint density at radius 3 is 2.31 bits per heavy atom. The minimum atomic E-state index is -0.414. The van der Waals surface area contributed by atoms with Gasteiger partial charge >= 0.3 is 0 Å². The molecule has 2 rings (SSSR count). The van der Waals surface area contributed by atoms with E-state index in [1.165, 1.54) is 18.2 Å². The summed E-state index contributed by atoms with van der Waals surface area (Å²) in [6.07, 6.45) is 1.21. The monoisotopic (exact) mass is 319 g/mol. The molecule has 16 heavy (non-hydrogen) atoms. The summed E-state index contributed by atoms with van der Waals surface area (Å²) in [6.45, 7) is 0. The van der Waals surface area contributed by atoms with Crippen molar-refractivity contribution in [2.24, 2.45) is 0 Å². The van der Waals surface area contributed by atoms with Crippen LogP contribution >= 0.6 is 39.1 Å². The van der Waals surface area contributed by atoms with E-state index in [4.69, 9.17) is 23.2 Å². The van der Waals surface area contributed by atoms with Gasteiger partial charge in [0.25, 0.3) is 11.8 Å². The average Bonchev–Trinajstić information content (AvgIpc) is 2.47. The van der Waals surface area contributed by atoms with Gasteiger partial charge in [-0.05, 0) is 34.1 Å². The first-order chi connectivity index (χ1) is 7.50. The molecule has 0 aromatic heterocycles. The van der Waals surface area contributed by atoms with Crippen LogP contribution in [0.25, 0.3) is 0 Å². The number of rotatable bonds is 1. The van der Waals surface area contributed by atoms with Gasteiger partial charge in [-0.25, -0.2) is 4.90 Å². The van der Waals surface area contributed by atoms with Crippen LogP contribution in [0.15, 0.2) is 28.8 Å². The van der Waals surface area contributed by atoms with Crippen molar-refractivity contribution in [3.05, 3.63) is 38.8 Å². The third-order valence-corrected chi connectivity index (χ3v) is 3.35. The second-order valence-corrected chi connectivity index (χ2v) is 4.74. The van der Waals surface area contributed by atoms with Crippen molar-refractivity contribution in [1.82, 2.24) is 0 Å². The van der Waals surface area contributed by atoms with E-state index in [-0.39, 0.29) is 4.48 Å². The van der Waals surface area contributed by atoms with Gasteiger partial charge in [0.2, 0.25) is 0 Å². The fourth-order valence-electron chi connectivity index (χ4n) is 1.31. The number of carbonyl (C=O) groups excluding carboxylic acids is 2. The Labute approximate surface area is 110 Å². The summed E-state index contributed by atoms with van der Waals surface area (Å²) in [5.41, 5.74) is 0.398. The summed E-state index contributed by atoms with van der Waals surface area (Å²) in [5, 5.41) is 0.666. The van der Waals surface area contributed by atoms with Gasteiger partial charge in [0, 0.05) is 6.08 Å². The third-order valence-electron chi connectivity index (χ3n) is 2.04. The van der Waals surface area contributed by atoms with E-state index in [2.05, 4.69) is 15.9 Å². The van der Waals surface area contributed by atoms with Crippen LogP contribution in [0.3, 0.4) is 0 Å². The highest BCUT2D eigenvalue weighted by Gasteiger charge is 2.31. The Balaban J connectivity index is 2.43. The summed E-state index contributed by atoms with van der Waals surface area (Å²) in [5.74, 6) is -0.821. The van der Waals surface area contributed by atoms with E-state index in [1.807, 2.05) is 0 Å². The molecule has 1 aromatic rings. The van der Waals surface area contributed by atoms with Gasteiger partial charge in [-0.2, -0.15) is 0 Å². The second kappa shape index (κ2) is 4.20. The predicted octanol–water partition coefficient (Wildman–Crippen LogP) is 3.15. The number of benzene rings is 1. The number of hydrogen-bond acceptors (Lipinski definition) is 2. The van der Waals surface area contributed by atoms with E-state index in [0.717, 1.165) is 4.90 Å². The van der Waals surface area contributed by atoms with Gasteiger partial charge in [0.05, 0.1) is 20.2 Å². The summed E-state index contributed by atoms with van der Waals surface area (Å²) in [4.78, 5) is 24.2. The zero-order valence-corrected chi connectivity index (χ0v) is 10.8. The van der Waals surface area contributed by atoms with Crippen molar-refractivity contribution in [2.45, 2.75) is 0 Å². The standard InChI is InChI=1S/C10H4BrCl2NO2/c11-6-4-9(15)14(10(6)16)5-1-2-7(12)8(13)3-5/h1-4H. The quantitative estimate of drug-likeness (QED) is 0.745. The molecular formula is C10H4BrCl2NO2. The molecule has 6 heteroatoms. The molecule has 0 aliphatic carbocycles. The normalized spacial score (nSPS) is 15.7. The van der Waals surface area contributed by atoms with Gasteiger partial charge in [-0.3, -0.25) is 9.59 Å². The fourth-order valence-corrected chi connectivity index (χ4v) is 1.98.